The molecule has 0 fully saturated rings. The van der Waals surface area contributed by atoms with E-state index < -0.39 is 5.41 Å². The van der Waals surface area contributed by atoms with Crippen LogP contribution in [0.4, 0.5) is 0 Å². The van der Waals surface area contributed by atoms with Gasteiger partial charge < -0.3 is 10.1 Å². The predicted molar refractivity (Wildman–Crippen MR) is 123 cm³/mol. The molecule has 7 nitrogen and oxygen atoms in total. The van der Waals surface area contributed by atoms with Crippen LogP contribution in [-0.4, -0.2) is 27.5 Å². The zero-order chi connectivity index (χ0) is 22.8. The van der Waals surface area contributed by atoms with Crippen LogP contribution in [0.2, 0.25) is 0 Å². The highest BCUT2D eigenvalue weighted by atomic mass is 16.5. The van der Waals surface area contributed by atoms with E-state index in [0.717, 1.165) is 27.7 Å². The van der Waals surface area contributed by atoms with Gasteiger partial charge in [0.2, 0.25) is 0 Å². The highest BCUT2D eigenvalue weighted by Crippen LogP contribution is 2.31. The Labute approximate surface area is 191 Å². The third-order valence-electron chi connectivity index (χ3n) is 5.83. The first-order valence-corrected chi connectivity index (χ1v) is 10.6. The van der Waals surface area contributed by atoms with Gasteiger partial charge >= 0.3 is 0 Å². The summed E-state index contributed by atoms with van der Waals surface area (Å²) < 4.78 is 5.48. The van der Waals surface area contributed by atoms with Crippen LogP contribution < -0.4 is 5.32 Å². The number of hydrogen-bond donors (Lipinski definition) is 1. The van der Waals surface area contributed by atoms with Crippen molar-refractivity contribution in [1.82, 2.24) is 20.3 Å². The second-order valence-electron chi connectivity index (χ2n) is 8.27. The molecule has 0 radical (unpaired) electrons. The van der Waals surface area contributed by atoms with Crippen molar-refractivity contribution in [2.75, 3.05) is 6.61 Å². The molecule has 1 amide bonds. The summed E-state index contributed by atoms with van der Waals surface area (Å²) in [6, 6.07) is 19.9. The average Bonchev–Trinajstić information content (AvgIpc) is 2.87. The average molecular weight is 435 g/mol. The summed E-state index contributed by atoms with van der Waals surface area (Å²) in [5, 5.41) is 13.4. The molecule has 0 spiro atoms. The molecule has 1 aromatic carbocycles. The number of nitriles is 1. The van der Waals surface area contributed by atoms with E-state index in [1.54, 1.807) is 19.2 Å². The van der Waals surface area contributed by atoms with Crippen LogP contribution in [0.15, 0.2) is 67.0 Å². The van der Waals surface area contributed by atoms with Crippen LogP contribution in [0.25, 0.3) is 22.2 Å². The Morgan fingerprint density at radius 3 is 2.82 bits per heavy atom. The second kappa shape index (κ2) is 8.41. The number of ether oxygens (including phenoxy) is 1. The van der Waals surface area contributed by atoms with Gasteiger partial charge in [-0.25, -0.2) is 4.98 Å². The molecule has 7 heteroatoms. The van der Waals surface area contributed by atoms with E-state index in [1.165, 1.54) is 6.20 Å². The fourth-order valence-corrected chi connectivity index (χ4v) is 3.93. The number of benzene rings is 1. The van der Waals surface area contributed by atoms with E-state index >= 15 is 0 Å². The smallest absolute Gasteiger partial charge is 0.253 e. The minimum absolute atomic E-state index is 0.252. The zero-order valence-electron chi connectivity index (χ0n) is 18.1. The molecule has 3 aromatic heterocycles. The lowest BCUT2D eigenvalue weighted by Crippen LogP contribution is -2.33. The van der Waals surface area contributed by atoms with Gasteiger partial charge in [-0.15, -0.1) is 0 Å². The number of nitrogens with one attached hydrogen (secondary N) is 1. The van der Waals surface area contributed by atoms with Gasteiger partial charge in [0, 0.05) is 23.3 Å². The summed E-state index contributed by atoms with van der Waals surface area (Å²) in [4.78, 5) is 26.4. The van der Waals surface area contributed by atoms with E-state index in [4.69, 9.17) is 9.72 Å². The fourth-order valence-electron chi connectivity index (χ4n) is 3.93. The molecule has 5 rings (SSSR count). The number of hydrogen-bond acceptors (Lipinski definition) is 6. The molecule has 0 saturated heterocycles. The molecule has 4 heterocycles. The number of carbonyl (C=O) groups excluding carboxylic acids is 1. The molecule has 1 N–H and O–H groups in total. The lowest BCUT2D eigenvalue weighted by atomic mass is 9.82. The quantitative estimate of drug-likeness (QED) is 0.521. The van der Waals surface area contributed by atoms with Gasteiger partial charge in [0.25, 0.3) is 5.91 Å². The number of pyridine rings is 3. The number of nitrogens with zero attached hydrogens (tertiary/aromatic N) is 4. The lowest BCUT2D eigenvalue weighted by Gasteiger charge is -2.29. The standard InChI is InChI=1S/C26H21N5O2/c1-26(15-27)16-33-14-24-21(26)9-19(12-29-24)25(32)30-13-20-10-23-18(11-28-20)7-8-22(31-23)17-5-3-2-4-6-17/h2-12H,13-14,16H2,1H3,(H,30,32)/t26-/m1/s1. The highest BCUT2D eigenvalue weighted by Gasteiger charge is 2.34. The number of rotatable bonds is 4. The van der Waals surface area contributed by atoms with Crippen LogP contribution >= 0.6 is 0 Å². The van der Waals surface area contributed by atoms with Crippen LogP contribution in [-0.2, 0) is 23.3 Å². The van der Waals surface area contributed by atoms with Gasteiger partial charge in [-0.05, 0) is 36.8 Å². The molecule has 0 unspecified atom stereocenters. The van der Waals surface area contributed by atoms with Crippen LogP contribution in [0.3, 0.4) is 0 Å². The predicted octanol–water partition coefficient (Wildman–Crippen LogP) is 3.93. The molecule has 0 aliphatic carbocycles. The minimum atomic E-state index is -0.821. The Kier molecular flexibility index (Phi) is 5.29. The van der Waals surface area contributed by atoms with Crippen molar-refractivity contribution in [3.63, 3.8) is 0 Å². The maximum Gasteiger partial charge on any atom is 0.253 e. The molecular weight excluding hydrogens is 414 g/mol. The monoisotopic (exact) mass is 435 g/mol. The highest BCUT2D eigenvalue weighted by molar-refractivity contribution is 5.94. The van der Waals surface area contributed by atoms with E-state index in [2.05, 4.69) is 21.4 Å². The molecule has 1 aliphatic heterocycles. The fraction of sp³-hybridized carbons (Fsp3) is 0.192. The second-order valence-corrected chi connectivity index (χ2v) is 8.27. The number of fused-ring (bicyclic) bond motifs is 2. The Bertz CT molecular complexity index is 1400. The summed E-state index contributed by atoms with van der Waals surface area (Å²) in [6.45, 7) is 2.67. The third-order valence-corrected chi connectivity index (χ3v) is 5.83. The molecule has 0 saturated carbocycles. The molecular formula is C26H21N5O2. The molecule has 0 bridgehead atoms. The lowest BCUT2D eigenvalue weighted by molar-refractivity contribution is 0.0726. The number of amides is 1. The van der Waals surface area contributed by atoms with Crippen molar-refractivity contribution >= 4 is 16.8 Å². The van der Waals surface area contributed by atoms with Crippen molar-refractivity contribution in [1.29, 1.82) is 5.26 Å². The van der Waals surface area contributed by atoms with Crippen molar-refractivity contribution in [3.8, 4) is 17.3 Å². The first-order chi connectivity index (χ1) is 16.1. The summed E-state index contributed by atoms with van der Waals surface area (Å²) >= 11 is 0. The van der Waals surface area contributed by atoms with Crippen molar-refractivity contribution in [2.45, 2.75) is 25.5 Å². The van der Waals surface area contributed by atoms with Crippen LogP contribution in [0.5, 0.6) is 0 Å². The van der Waals surface area contributed by atoms with Gasteiger partial charge in [-0.1, -0.05) is 30.3 Å². The largest absolute Gasteiger partial charge is 0.373 e. The Hall–Kier alpha value is -4.15. The SMILES string of the molecule is C[C@@]1(C#N)COCc2ncc(C(=O)NCc3cc4nc(-c5ccccc5)ccc4cn3)cc21. The first-order valence-electron chi connectivity index (χ1n) is 10.6. The molecule has 33 heavy (non-hydrogen) atoms. The van der Waals surface area contributed by atoms with E-state index in [0.29, 0.717) is 23.6 Å². The van der Waals surface area contributed by atoms with Crippen LogP contribution in [0.1, 0.15) is 34.2 Å². The summed E-state index contributed by atoms with van der Waals surface area (Å²) in [5.41, 5.74) is 4.46. The van der Waals surface area contributed by atoms with Gasteiger partial charge in [0.05, 0.1) is 54.0 Å². The van der Waals surface area contributed by atoms with E-state index in [-0.39, 0.29) is 19.1 Å². The van der Waals surface area contributed by atoms with E-state index in [1.807, 2.05) is 48.5 Å². The maximum atomic E-state index is 12.8. The van der Waals surface area contributed by atoms with E-state index in [9.17, 15) is 10.1 Å². The number of carbonyl (C=O) groups is 1. The Morgan fingerprint density at radius 2 is 2.00 bits per heavy atom. The van der Waals surface area contributed by atoms with Gasteiger partial charge in [-0.3, -0.25) is 14.8 Å². The topological polar surface area (TPSA) is 101 Å². The normalized spacial score (nSPS) is 17.2. The van der Waals surface area contributed by atoms with Crippen molar-refractivity contribution < 1.29 is 9.53 Å². The maximum absolute atomic E-state index is 12.8. The summed E-state index contributed by atoms with van der Waals surface area (Å²) in [6.07, 6.45) is 3.28. The Balaban J connectivity index is 1.35. The zero-order valence-corrected chi connectivity index (χ0v) is 18.1. The van der Waals surface area contributed by atoms with Gasteiger partial charge in [-0.2, -0.15) is 5.26 Å². The molecule has 1 aliphatic rings. The summed E-state index contributed by atoms with van der Waals surface area (Å²) in [7, 11) is 0. The first kappa shape index (κ1) is 20.7. The molecule has 162 valence electrons. The number of aromatic nitrogens is 3. The van der Waals surface area contributed by atoms with Crippen molar-refractivity contribution in [2.24, 2.45) is 0 Å². The Morgan fingerprint density at radius 1 is 1.15 bits per heavy atom. The molecule has 1 atom stereocenters. The third kappa shape index (κ3) is 4.04. The minimum Gasteiger partial charge on any atom is -0.373 e. The summed E-state index contributed by atoms with van der Waals surface area (Å²) in [5.74, 6) is -0.273. The van der Waals surface area contributed by atoms with Gasteiger partial charge in [0.15, 0.2) is 0 Å². The van der Waals surface area contributed by atoms with Crippen LogP contribution in [0, 0.1) is 11.3 Å². The van der Waals surface area contributed by atoms with Crippen molar-refractivity contribution in [3.05, 3.63) is 89.5 Å². The molecule has 4 aromatic rings. The van der Waals surface area contributed by atoms with Gasteiger partial charge in [0.1, 0.15) is 5.41 Å².